The Morgan fingerprint density at radius 1 is 1.56 bits per heavy atom. The summed E-state index contributed by atoms with van der Waals surface area (Å²) in [6, 6.07) is 1.99. The van der Waals surface area contributed by atoms with Crippen molar-refractivity contribution >= 4 is 28.8 Å². The molecule has 0 aliphatic heterocycles. The van der Waals surface area contributed by atoms with E-state index >= 15 is 0 Å². The van der Waals surface area contributed by atoms with Crippen molar-refractivity contribution in [3.8, 4) is 0 Å². The Labute approximate surface area is 105 Å². The van der Waals surface area contributed by atoms with E-state index in [-0.39, 0.29) is 5.91 Å². The highest BCUT2D eigenvalue weighted by Gasteiger charge is 2.10. The topological polar surface area (TPSA) is 38.3 Å². The Bertz CT molecular complexity index is 328. The molecule has 3 nitrogen and oxygen atoms in total. The number of aryl methyl sites for hydroxylation is 1. The molecule has 1 heterocycles. The zero-order valence-electron chi connectivity index (χ0n) is 9.29. The Balaban J connectivity index is 2.30. The van der Waals surface area contributed by atoms with Gasteiger partial charge in [0.05, 0.1) is 18.1 Å². The molecule has 1 N–H and O–H groups in total. The highest BCUT2D eigenvalue weighted by atomic mass is 35.5. The molecule has 0 spiro atoms. The van der Waals surface area contributed by atoms with Crippen molar-refractivity contribution in [3.63, 3.8) is 0 Å². The van der Waals surface area contributed by atoms with Crippen LogP contribution in [-0.4, -0.2) is 31.5 Å². The molecule has 0 fully saturated rings. The molecule has 1 rings (SSSR count). The van der Waals surface area contributed by atoms with E-state index in [4.69, 9.17) is 16.3 Å². The van der Waals surface area contributed by atoms with E-state index in [0.29, 0.717) is 25.6 Å². The smallest absolute Gasteiger partial charge is 0.261 e. The van der Waals surface area contributed by atoms with Crippen LogP contribution in [0.4, 0.5) is 0 Å². The minimum absolute atomic E-state index is 0.0127. The van der Waals surface area contributed by atoms with E-state index in [1.807, 2.05) is 18.4 Å². The van der Waals surface area contributed by atoms with Gasteiger partial charge in [-0.25, -0.2) is 0 Å². The molecule has 0 aliphatic rings. The first-order chi connectivity index (χ1) is 7.79. The summed E-state index contributed by atoms with van der Waals surface area (Å²) in [4.78, 5) is 12.5. The van der Waals surface area contributed by atoms with Crippen LogP contribution in [0.25, 0.3) is 0 Å². The molecule has 0 saturated heterocycles. The van der Waals surface area contributed by atoms with E-state index in [2.05, 4.69) is 5.32 Å². The zero-order valence-corrected chi connectivity index (χ0v) is 10.9. The number of ether oxygens (including phenoxy) is 1. The third-order valence-corrected chi connectivity index (χ3v) is 3.20. The van der Waals surface area contributed by atoms with Crippen LogP contribution >= 0.6 is 22.9 Å². The molecule has 1 amide bonds. The van der Waals surface area contributed by atoms with Gasteiger partial charge in [-0.05, 0) is 23.4 Å². The third kappa shape index (κ3) is 4.12. The van der Waals surface area contributed by atoms with Gasteiger partial charge in [-0.1, -0.05) is 6.92 Å². The predicted molar refractivity (Wildman–Crippen MR) is 67.6 cm³/mol. The van der Waals surface area contributed by atoms with Crippen molar-refractivity contribution in [2.45, 2.75) is 13.3 Å². The van der Waals surface area contributed by atoms with Crippen LogP contribution in [0.1, 0.15) is 22.2 Å². The second-order valence-corrected chi connectivity index (χ2v) is 4.48. The maximum Gasteiger partial charge on any atom is 0.261 e. The molecule has 90 valence electrons. The first kappa shape index (κ1) is 13.5. The Morgan fingerprint density at radius 2 is 2.38 bits per heavy atom. The monoisotopic (exact) mass is 261 g/mol. The molecule has 0 aliphatic carbocycles. The van der Waals surface area contributed by atoms with E-state index in [0.717, 1.165) is 16.9 Å². The number of carbonyl (C=O) groups is 1. The predicted octanol–water partition coefficient (Wildman–Crippen LogP) is 2.30. The fraction of sp³-hybridized carbons (Fsp3) is 0.545. The van der Waals surface area contributed by atoms with Gasteiger partial charge < -0.3 is 10.1 Å². The van der Waals surface area contributed by atoms with Gasteiger partial charge >= 0.3 is 0 Å². The number of carbonyl (C=O) groups excluding carboxylic acids is 1. The summed E-state index contributed by atoms with van der Waals surface area (Å²) in [7, 11) is 0. The molecule has 0 bridgehead atoms. The highest BCUT2D eigenvalue weighted by Crippen LogP contribution is 2.16. The molecule has 0 atom stereocenters. The van der Waals surface area contributed by atoms with Gasteiger partial charge in [-0.15, -0.1) is 22.9 Å². The van der Waals surface area contributed by atoms with Crippen molar-refractivity contribution in [2.75, 3.05) is 25.6 Å². The lowest BCUT2D eigenvalue weighted by Crippen LogP contribution is -2.27. The molecule has 5 heteroatoms. The molecule has 0 unspecified atom stereocenters. The number of hydrogen-bond donors (Lipinski definition) is 1. The Kier molecular flexibility index (Phi) is 6.45. The number of rotatable bonds is 7. The third-order valence-electron chi connectivity index (χ3n) is 2.09. The summed E-state index contributed by atoms with van der Waals surface area (Å²) < 4.78 is 5.16. The number of thiophene rings is 1. The average Bonchev–Trinajstić information content (AvgIpc) is 2.76. The lowest BCUT2D eigenvalue weighted by Gasteiger charge is -2.05. The molecule has 0 aromatic carbocycles. The van der Waals surface area contributed by atoms with E-state index in [9.17, 15) is 4.79 Å². The Hall–Kier alpha value is -0.580. The van der Waals surface area contributed by atoms with Crippen LogP contribution in [0, 0.1) is 0 Å². The maximum absolute atomic E-state index is 11.7. The van der Waals surface area contributed by atoms with Gasteiger partial charge in [0.25, 0.3) is 5.91 Å². The van der Waals surface area contributed by atoms with Gasteiger partial charge in [0.1, 0.15) is 0 Å². The van der Waals surface area contributed by atoms with Gasteiger partial charge in [0.15, 0.2) is 0 Å². The fourth-order valence-electron chi connectivity index (χ4n) is 1.29. The standard InChI is InChI=1S/C11H16ClNO2S/c1-2-9-3-8-16-10(9)11(14)13-5-7-15-6-4-12/h3,8H,2,4-7H2,1H3,(H,13,14). The summed E-state index contributed by atoms with van der Waals surface area (Å²) in [5, 5.41) is 4.76. The van der Waals surface area contributed by atoms with Crippen LogP contribution in [0.2, 0.25) is 0 Å². The number of halogens is 1. The fourth-order valence-corrected chi connectivity index (χ4v) is 2.31. The minimum Gasteiger partial charge on any atom is -0.378 e. The normalized spacial score (nSPS) is 10.4. The van der Waals surface area contributed by atoms with Gasteiger partial charge in [0, 0.05) is 12.4 Å². The summed E-state index contributed by atoms with van der Waals surface area (Å²) in [6.45, 7) is 3.60. The molecular formula is C11H16ClNO2S. The molecule has 0 saturated carbocycles. The molecule has 16 heavy (non-hydrogen) atoms. The quantitative estimate of drug-likeness (QED) is 0.604. The van der Waals surface area contributed by atoms with E-state index < -0.39 is 0 Å². The van der Waals surface area contributed by atoms with Gasteiger partial charge in [0.2, 0.25) is 0 Å². The summed E-state index contributed by atoms with van der Waals surface area (Å²) in [5.41, 5.74) is 1.10. The summed E-state index contributed by atoms with van der Waals surface area (Å²) >= 11 is 6.93. The molecule has 1 aromatic heterocycles. The lowest BCUT2D eigenvalue weighted by molar-refractivity contribution is 0.0926. The van der Waals surface area contributed by atoms with Crippen molar-refractivity contribution in [2.24, 2.45) is 0 Å². The minimum atomic E-state index is -0.0127. The van der Waals surface area contributed by atoms with Gasteiger partial charge in [-0.3, -0.25) is 4.79 Å². The summed E-state index contributed by atoms with van der Waals surface area (Å²) in [5.74, 6) is 0.472. The lowest BCUT2D eigenvalue weighted by atomic mass is 10.2. The number of nitrogens with one attached hydrogen (secondary N) is 1. The second-order valence-electron chi connectivity index (χ2n) is 3.19. The largest absolute Gasteiger partial charge is 0.378 e. The van der Waals surface area contributed by atoms with E-state index in [1.165, 1.54) is 11.3 Å². The highest BCUT2D eigenvalue weighted by molar-refractivity contribution is 7.12. The summed E-state index contributed by atoms with van der Waals surface area (Å²) in [6.07, 6.45) is 0.884. The van der Waals surface area contributed by atoms with Crippen molar-refractivity contribution in [1.82, 2.24) is 5.32 Å². The first-order valence-corrected chi connectivity index (χ1v) is 6.69. The second kappa shape index (κ2) is 7.65. The van der Waals surface area contributed by atoms with Crippen LogP contribution in [0.5, 0.6) is 0 Å². The number of hydrogen-bond acceptors (Lipinski definition) is 3. The molecule has 0 radical (unpaired) electrons. The SMILES string of the molecule is CCc1ccsc1C(=O)NCCOCCCl. The number of amides is 1. The van der Waals surface area contributed by atoms with E-state index in [1.54, 1.807) is 0 Å². The maximum atomic E-state index is 11.7. The van der Waals surface area contributed by atoms with Crippen molar-refractivity contribution in [1.29, 1.82) is 0 Å². The van der Waals surface area contributed by atoms with Crippen LogP contribution in [0.3, 0.4) is 0 Å². The molecule has 1 aromatic rings. The van der Waals surface area contributed by atoms with Crippen molar-refractivity contribution < 1.29 is 9.53 Å². The van der Waals surface area contributed by atoms with Crippen molar-refractivity contribution in [3.05, 3.63) is 21.9 Å². The number of alkyl halides is 1. The van der Waals surface area contributed by atoms with Crippen LogP contribution in [-0.2, 0) is 11.2 Å². The van der Waals surface area contributed by atoms with Crippen LogP contribution < -0.4 is 5.32 Å². The van der Waals surface area contributed by atoms with Gasteiger partial charge in [-0.2, -0.15) is 0 Å². The Morgan fingerprint density at radius 3 is 3.06 bits per heavy atom. The average molecular weight is 262 g/mol. The first-order valence-electron chi connectivity index (χ1n) is 5.27. The zero-order chi connectivity index (χ0) is 11.8. The molecular weight excluding hydrogens is 246 g/mol. The van der Waals surface area contributed by atoms with Crippen LogP contribution in [0.15, 0.2) is 11.4 Å².